The van der Waals surface area contributed by atoms with Gasteiger partial charge in [-0.25, -0.2) is 4.79 Å². The number of fused-ring (bicyclic) bond motifs is 4. The number of aliphatic hydroxyl groups is 9. The Morgan fingerprint density at radius 3 is 2.02 bits per heavy atom. The number of carbonyl (C=O) groups excluding carboxylic acids is 1. The smallest absolute Gasteiger partial charge is 0.337 e. The van der Waals surface area contributed by atoms with E-state index in [1.807, 2.05) is 6.92 Å². The van der Waals surface area contributed by atoms with E-state index in [2.05, 4.69) is 0 Å². The first-order valence-electron chi connectivity index (χ1n) is 16.5. The fourth-order valence-electron chi connectivity index (χ4n) is 8.48. The normalized spacial score (nSPS) is 53.0. The number of hydrogen-bond acceptors (Lipinski definition) is 18. The molecule has 0 amide bonds. The van der Waals surface area contributed by atoms with Gasteiger partial charge in [-0.15, -0.1) is 0 Å². The third-order valence-corrected chi connectivity index (χ3v) is 11.3. The Morgan fingerprint density at radius 2 is 1.43 bits per heavy atom. The van der Waals surface area contributed by atoms with Gasteiger partial charge < -0.3 is 83.9 Å². The minimum atomic E-state index is -1.70. The lowest BCUT2D eigenvalue weighted by molar-refractivity contribution is -0.344. The quantitative estimate of drug-likeness (QED) is 0.0811. The molecule has 0 bridgehead atoms. The molecule has 0 aromatic rings. The van der Waals surface area contributed by atoms with Crippen molar-refractivity contribution in [1.82, 2.24) is 0 Å². The van der Waals surface area contributed by atoms with Gasteiger partial charge >= 0.3 is 5.97 Å². The van der Waals surface area contributed by atoms with E-state index in [0.29, 0.717) is 12.8 Å². The van der Waals surface area contributed by atoms with Gasteiger partial charge in [-0.05, 0) is 24.8 Å². The van der Waals surface area contributed by atoms with Crippen LogP contribution in [0.4, 0.5) is 0 Å². The molecule has 18 nitrogen and oxygen atoms in total. The van der Waals surface area contributed by atoms with Crippen LogP contribution >= 0.6 is 0 Å². The zero-order chi connectivity index (χ0) is 34.9. The van der Waals surface area contributed by atoms with E-state index in [1.54, 1.807) is 6.08 Å². The molecule has 9 N–H and O–H groups in total. The summed E-state index contributed by atoms with van der Waals surface area (Å²) in [6.07, 6.45) is -13.5. The third-order valence-electron chi connectivity index (χ3n) is 11.3. The molecule has 7 aliphatic rings. The Labute approximate surface area is 279 Å². The topological polar surface area (TPSA) is 276 Å². The van der Waals surface area contributed by atoms with Gasteiger partial charge in [-0.3, -0.25) is 0 Å². The predicted octanol–water partition coefficient (Wildman–Crippen LogP) is -4.32. The monoisotopic (exact) mass is 704 g/mol. The van der Waals surface area contributed by atoms with Gasteiger partial charge in [0.2, 0.25) is 12.6 Å². The molecule has 0 aromatic carbocycles. The van der Waals surface area contributed by atoms with Gasteiger partial charge in [0.05, 0.1) is 43.8 Å². The maximum Gasteiger partial charge on any atom is 0.337 e. The van der Waals surface area contributed by atoms with Crippen LogP contribution in [0.25, 0.3) is 0 Å². The first-order chi connectivity index (χ1) is 23.4. The first kappa shape index (κ1) is 35.4. The van der Waals surface area contributed by atoms with Gasteiger partial charge in [0.25, 0.3) is 0 Å². The Bertz CT molecular complexity index is 1280. The number of ether oxygens (including phenoxy) is 8. The molecular weight excluding hydrogens is 660 g/mol. The summed E-state index contributed by atoms with van der Waals surface area (Å²) in [7, 11) is 0. The van der Waals surface area contributed by atoms with Crippen LogP contribution < -0.4 is 0 Å². The molecule has 5 fully saturated rings. The second-order valence-corrected chi connectivity index (χ2v) is 13.9. The van der Waals surface area contributed by atoms with E-state index < -0.39 is 129 Å². The van der Waals surface area contributed by atoms with E-state index >= 15 is 0 Å². The van der Waals surface area contributed by atoms with E-state index in [9.17, 15) is 50.8 Å². The number of hydrogen-bond donors (Lipinski definition) is 9. The summed E-state index contributed by atoms with van der Waals surface area (Å²) in [5.74, 6) is -2.79. The summed E-state index contributed by atoms with van der Waals surface area (Å²) in [6.45, 7) is 0.196. The predicted molar refractivity (Wildman–Crippen MR) is 154 cm³/mol. The minimum Gasteiger partial charge on any atom is -0.472 e. The summed E-state index contributed by atoms with van der Waals surface area (Å²) in [5.41, 5.74) is -0.988. The fourth-order valence-corrected chi connectivity index (χ4v) is 8.48. The van der Waals surface area contributed by atoms with E-state index in [1.165, 1.54) is 12.5 Å². The SMILES string of the molecule is CC1CCC2C(C(=O)OC3C4C=COC(OC5OC(CO)C(O)C(O)C5O)C4C4(CO)OC34)=COC(OC3OC(CO)C(O)C(O)C3O)C12. The molecule has 5 heterocycles. The third kappa shape index (κ3) is 5.79. The highest BCUT2D eigenvalue weighted by atomic mass is 16.8. The zero-order valence-electron chi connectivity index (χ0n) is 26.4. The number of epoxide rings is 1. The number of aliphatic hydroxyl groups excluding tert-OH is 9. The van der Waals surface area contributed by atoms with Crippen LogP contribution in [0.15, 0.2) is 24.2 Å². The average Bonchev–Trinajstić information content (AvgIpc) is 3.62. The van der Waals surface area contributed by atoms with Crippen LogP contribution in [0.1, 0.15) is 19.8 Å². The van der Waals surface area contributed by atoms with Gasteiger partial charge in [0.15, 0.2) is 12.6 Å². The first-order valence-corrected chi connectivity index (χ1v) is 16.5. The standard InChI is InChI=1S/C31H44O18/c1-10-2-3-11-13(8-43-27(16(10)11)47-29-22(39)20(37)18(35)14(6-32)44-29)26(41)46-24-12-4-5-42-28(17(12)31(9-34)25(24)49-31)48-30-23(40)21(38)19(36)15(7-33)45-30/h4-5,8,10-12,14-25,27-30,32-40H,2-3,6-7,9H2,1H3. The van der Waals surface area contributed by atoms with Crippen molar-refractivity contribution in [3.8, 4) is 0 Å². The van der Waals surface area contributed by atoms with Crippen molar-refractivity contribution in [3.63, 3.8) is 0 Å². The molecule has 7 rings (SSSR count). The Balaban J connectivity index is 1.05. The van der Waals surface area contributed by atoms with Crippen molar-refractivity contribution in [2.24, 2.45) is 29.6 Å². The highest BCUT2D eigenvalue weighted by molar-refractivity contribution is 5.89. The highest BCUT2D eigenvalue weighted by Crippen LogP contribution is 2.61. The van der Waals surface area contributed by atoms with E-state index in [0.717, 1.165) is 0 Å². The lowest BCUT2D eigenvalue weighted by Gasteiger charge is -2.43. The second kappa shape index (κ2) is 13.5. The molecule has 2 saturated carbocycles. The van der Waals surface area contributed by atoms with Gasteiger partial charge in [-0.1, -0.05) is 6.92 Å². The molecular formula is C31H44O18. The maximum absolute atomic E-state index is 13.8. The van der Waals surface area contributed by atoms with Crippen molar-refractivity contribution in [1.29, 1.82) is 0 Å². The summed E-state index contributed by atoms with van der Waals surface area (Å²) < 4.78 is 46.4. The minimum absolute atomic E-state index is 0.000182. The van der Waals surface area contributed by atoms with Crippen molar-refractivity contribution in [3.05, 3.63) is 24.2 Å². The largest absolute Gasteiger partial charge is 0.472 e. The van der Waals surface area contributed by atoms with Crippen LogP contribution in [0.5, 0.6) is 0 Å². The van der Waals surface area contributed by atoms with Gasteiger partial charge in [-0.2, -0.15) is 0 Å². The molecule has 5 aliphatic heterocycles. The molecule has 18 heteroatoms. The lowest BCUT2D eigenvalue weighted by Crippen LogP contribution is -2.60. The van der Waals surface area contributed by atoms with Crippen molar-refractivity contribution in [2.75, 3.05) is 19.8 Å². The molecule has 20 unspecified atom stereocenters. The summed E-state index contributed by atoms with van der Waals surface area (Å²) in [5, 5.41) is 91.3. The molecule has 2 aliphatic carbocycles. The Morgan fingerprint density at radius 1 is 0.816 bits per heavy atom. The van der Waals surface area contributed by atoms with Crippen LogP contribution in [0.2, 0.25) is 0 Å². The van der Waals surface area contributed by atoms with Crippen LogP contribution in [-0.2, 0) is 42.7 Å². The van der Waals surface area contributed by atoms with Crippen LogP contribution in [-0.4, -0.2) is 164 Å². The molecule has 0 radical (unpaired) electrons. The number of carbonyl (C=O) groups is 1. The molecule has 0 spiro atoms. The Kier molecular flexibility index (Phi) is 9.76. The van der Waals surface area contributed by atoms with Crippen molar-refractivity contribution in [2.45, 2.75) is 112 Å². The van der Waals surface area contributed by atoms with Crippen molar-refractivity contribution < 1.29 is 88.6 Å². The molecule has 276 valence electrons. The fraction of sp³-hybridized carbons (Fsp3) is 0.839. The van der Waals surface area contributed by atoms with E-state index in [4.69, 9.17) is 37.9 Å². The number of rotatable bonds is 9. The Hall–Kier alpha value is -2.01. The molecule has 3 saturated heterocycles. The molecule has 0 aromatic heterocycles. The van der Waals surface area contributed by atoms with Crippen LogP contribution in [0, 0.1) is 29.6 Å². The molecule has 20 atom stereocenters. The average molecular weight is 705 g/mol. The second-order valence-electron chi connectivity index (χ2n) is 13.9. The zero-order valence-corrected chi connectivity index (χ0v) is 26.4. The number of esters is 1. The highest BCUT2D eigenvalue weighted by Gasteiger charge is 2.77. The van der Waals surface area contributed by atoms with E-state index in [-0.39, 0.29) is 23.3 Å². The van der Waals surface area contributed by atoms with Crippen molar-refractivity contribution >= 4 is 5.97 Å². The van der Waals surface area contributed by atoms with Gasteiger partial charge in [0, 0.05) is 17.8 Å². The summed E-state index contributed by atoms with van der Waals surface area (Å²) in [6, 6.07) is 0. The summed E-state index contributed by atoms with van der Waals surface area (Å²) >= 11 is 0. The summed E-state index contributed by atoms with van der Waals surface area (Å²) in [4.78, 5) is 13.8. The molecule has 49 heavy (non-hydrogen) atoms. The van der Waals surface area contributed by atoms with Crippen LogP contribution in [0.3, 0.4) is 0 Å². The maximum atomic E-state index is 13.8. The lowest BCUT2D eigenvalue weighted by atomic mass is 9.83. The van der Waals surface area contributed by atoms with Gasteiger partial charge in [0.1, 0.15) is 66.6 Å².